The van der Waals surface area contributed by atoms with Crippen LogP contribution >= 0.6 is 11.6 Å². The molecule has 2 aliphatic rings. The Hall–Kier alpha value is -0.320. The molecule has 92 valence electrons. The first-order valence-electron chi connectivity index (χ1n) is 5.79. The van der Waals surface area contributed by atoms with Gasteiger partial charge in [-0.25, -0.2) is 0 Å². The molecule has 2 aliphatic heterocycles. The molecule has 0 radical (unpaired) electrons. The van der Waals surface area contributed by atoms with Crippen molar-refractivity contribution in [2.24, 2.45) is 5.92 Å². The molecule has 0 spiro atoms. The summed E-state index contributed by atoms with van der Waals surface area (Å²) in [5.74, 6) is 0.540. The summed E-state index contributed by atoms with van der Waals surface area (Å²) in [7, 11) is 0. The molecule has 0 aromatic rings. The summed E-state index contributed by atoms with van der Waals surface area (Å²) in [5, 5.41) is 3.09. The molecular weight excluding hydrogens is 230 g/mol. The fourth-order valence-corrected chi connectivity index (χ4v) is 2.49. The third kappa shape index (κ3) is 2.67. The van der Waals surface area contributed by atoms with Crippen molar-refractivity contribution < 1.29 is 14.3 Å². The number of alkyl halides is 1. The number of hydrogen-bond acceptors (Lipinski definition) is 3. The number of carbonyl (C=O) groups is 1. The first kappa shape index (κ1) is 12.1. The summed E-state index contributed by atoms with van der Waals surface area (Å²) in [5.41, 5.74) is -0.264. The lowest BCUT2D eigenvalue weighted by Crippen LogP contribution is -2.55. The highest BCUT2D eigenvalue weighted by Gasteiger charge is 2.36. The lowest BCUT2D eigenvalue weighted by atomic mass is 9.91. The summed E-state index contributed by atoms with van der Waals surface area (Å²) >= 11 is 5.99. The highest BCUT2D eigenvalue weighted by Crippen LogP contribution is 2.24. The Morgan fingerprint density at radius 3 is 2.62 bits per heavy atom. The van der Waals surface area contributed by atoms with Gasteiger partial charge in [-0.1, -0.05) is 0 Å². The summed E-state index contributed by atoms with van der Waals surface area (Å²) in [6.45, 7) is 2.58. The van der Waals surface area contributed by atoms with E-state index < -0.39 is 0 Å². The van der Waals surface area contributed by atoms with Gasteiger partial charge in [0.25, 0.3) is 0 Å². The number of hydrogen-bond donors (Lipinski definition) is 1. The topological polar surface area (TPSA) is 47.6 Å². The first-order valence-corrected chi connectivity index (χ1v) is 6.33. The monoisotopic (exact) mass is 247 g/mol. The number of nitrogens with one attached hydrogen (secondary N) is 1. The standard InChI is InChI=1S/C11H18ClNO3/c12-8-11(2-5-15-6-3-11)13-10(14)9-1-4-16-7-9/h9H,1-8H2,(H,13,14). The fraction of sp³-hybridized carbons (Fsp3) is 0.909. The molecule has 0 aromatic carbocycles. The highest BCUT2D eigenvalue weighted by molar-refractivity contribution is 6.18. The molecule has 0 aromatic heterocycles. The molecule has 1 unspecified atom stereocenters. The van der Waals surface area contributed by atoms with Crippen molar-refractivity contribution in [3.8, 4) is 0 Å². The summed E-state index contributed by atoms with van der Waals surface area (Å²) in [4.78, 5) is 12.0. The molecule has 2 heterocycles. The van der Waals surface area contributed by atoms with Gasteiger partial charge in [0.05, 0.1) is 18.1 Å². The van der Waals surface area contributed by atoms with Crippen LogP contribution in [0.25, 0.3) is 0 Å². The van der Waals surface area contributed by atoms with Crippen molar-refractivity contribution >= 4 is 17.5 Å². The SMILES string of the molecule is O=C(NC1(CCl)CCOCC1)C1CCOC1. The molecule has 16 heavy (non-hydrogen) atoms. The maximum Gasteiger partial charge on any atom is 0.225 e. The van der Waals surface area contributed by atoms with Crippen molar-refractivity contribution in [3.63, 3.8) is 0 Å². The molecule has 2 fully saturated rings. The van der Waals surface area contributed by atoms with Crippen molar-refractivity contribution in [2.45, 2.75) is 24.8 Å². The van der Waals surface area contributed by atoms with Crippen LogP contribution in [0, 0.1) is 5.92 Å². The molecule has 0 bridgehead atoms. The van der Waals surface area contributed by atoms with Gasteiger partial charge in [-0.15, -0.1) is 11.6 Å². The van der Waals surface area contributed by atoms with Crippen LogP contribution < -0.4 is 5.32 Å². The van der Waals surface area contributed by atoms with E-state index in [1.165, 1.54) is 0 Å². The van der Waals surface area contributed by atoms with E-state index in [1.54, 1.807) is 0 Å². The summed E-state index contributed by atoms with van der Waals surface area (Å²) in [6.07, 6.45) is 2.42. The van der Waals surface area contributed by atoms with E-state index in [0.29, 0.717) is 32.3 Å². The predicted molar refractivity (Wildman–Crippen MR) is 60.6 cm³/mol. The Morgan fingerprint density at radius 1 is 1.31 bits per heavy atom. The molecule has 0 saturated carbocycles. The Balaban J connectivity index is 1.91. The molecule has 5 heteroatoms. The van der Waals surface area contributed by atoms with Gasteiger partial charge in [0.1, 0.15) is 0 Å². The van der Waals surface area contributed by atoms with E-state index in [0.717, 1.165) is 19.3 Å². The van der Waals surface area contributed by atoms with Gasteiger partial charge >= 0.3 is 0 Å². The van der Waals surface area contributed by atoms with Crippen molar-refractivity contribution in [2.75, 3.05) is 32.3 Å². The zero-order valence-corrected chi connectivity index (χ0v) is 10.1. The molecule has 4 nitrogen and oxygen atoms in total. The minimum atomic E-state index is -0.264. The number of ether oxygens (including phenoxy) is 2. The van der Waals surface area contributed by atoms with Crippen LogP contribution in [0.2, 0.25) is 0 Å². The Kier molecular flexibility index (Phi) is 4.05. The van der Waals surface area contributed by atoms with Crippen LogP contribution in [0.4, 0.5) is 0 Å². The van der Waals surface area contributed by atoms with Crippen molar-refractivity contribution in [3.05, 3.63) is 0 Å². The second-order valence-corrected chi connectivity index (χ2v) is 4.84. The number of amides is 1. The van der Waals surface area contributed by atoms with Crippen LogP contribution in [0.1, 0.15) is 19.3 Å². The third-order valence-electron chi connectivity index (χ3n) is 3.39. The van der Waals surface area contributed by atoms with Gasteiger partial charge < -0.3 is 14.8 Å². The van der Waals surface area contributed by atoms with Crippen LogP contribution in [0.5, 0.6) is 0 Å². The molecule has 2 rings (SSSR count). The van der Waals surface area contributed by atoms with Crippen molar-refractivity contribution in [1.82, 2.24) is 5.32 Å². The van der Waals surface area contributed by atoms with Gasteiger partial charge in [-0.3, -0.25) is 4.79 Å². The summed E-state index contributed by atoms with van der Waals surface area (Å²) < 4.78 is 10.5. The fourth-order valence-electron chi connectivity index (χ4n) is 2.16. The molecule has 1 amide bonds. The second-order valence-electron chi connectivity index (χ2n) is 4.58. The normalized spacial score (nSPS) is 28.9. The predicted octanol–water partition coefficient (Wildman–Crippen LogP) is 0.927. The van der Waals surface area contributed by atoms with Gasteiger partial charge in [0.15, 0.2) is 0 Å². The van der Waals surface area contributed by atoms with Gasteiger partial charge in [0, 0.05) is 25.7 Å². The van der Waals surface area contributed by atoms with E-state index in [4.69, 9.17) is 21.1 Å². The van der Waals surface area contributed by atoms with E-state index in [2.05, 4.69) is 5.32 Å². The first-order chi connectivity index (χ1) is 7.76. The quantitative estimate of drug-likeness (QED) is 0.755. The van der Waals surface area contributed by atoms with E-state index >= 15 is 0 Å². The van der Waals surface area contributed by atoms with Crippen LogP contribution in [-0.2, 0) is 14.3 Å². The molecule has 0 aliphatic carbocycles. The maximum absolute atomic E-state index is 12.0. The largest absolute Gasteiger partial charge is 0.381 e. The summed E-state index contributed by atoms with van der Waals surface area (Å²) in [6, 6.07) is 0. The average Bonchev–Trinajstić information content (AvgIpc) is 2.84. The zero-order chi connectivity index (χ0) is 11.4. The third-order valence-corrected chi connectivity index (χ3v) is 3.91. The molecule has 2 saturated heterocycles. The zero-order valence-electron chi connectivity index (χ0n) is 9.34. The maximum atomic E-state index is 12.0. The molecule has 1 N–H and O–H groups in total. The van der Waals surface area contributed by atoms with Gasteiger partial charge in [-0.2, -0.15) is 0 Å². The lowest BCUT2D eigenvalue weighted by molar-refractivity contribution is -0.127. The van der Waals surface area contributed by atoms with Crippen LogP contribution in [-0.4, -0.2) is 43.8 Å². The number of rotatable bonds is 3. The minimum absolute atomic E-state index is 0.00272. The number of carbonyl (C=O) groups excluding carboxylic acids is 1. The molecule has 1 atom stereocenters. The van der Waals surface area contributed by atoms with Gasteiger partial charge in [0.2, 0.25) is 5.91 Å². The number of halogens is 1. The van der Waals surface area contributed by atoms with Gasteiger partial charge in [-0.05, 0) is 19.3 Å². The van der Waals surface area contributed by atoms with Crippen LogP contribution in [0.3, 0.4) is 0 Å². The smallest absolute Gasteiger partial charge is 0.225 e. The minimum Gasteiger partial charge on any atom is -0.381 e. The van der Waals surface area contributed by atoms with Crippen molar-refractivity contribution in [1.29, 1.82) is 0 Å². The Morgan fingerprint density at radius 2 is 2.06 bits per heavy atom. The average molecular weight is 248 g/mol. The lowest BCUT2D eigenvalue weighted by Gasteiger charge is -2.37. The van der Waals surface area contributed by atoms with E-state index in [9.17, 15) is 4.79 Å². The highest BCUT2D eigenvalue weighted by atomic mass is 35.5. The van der Waals surface area contributed by atoms with Crippen LogP contribution in [0.15, 0.2) is 0 Å². The second kappa shape index (κ2) is 5.34. The Bertz CT molecular complexity index is 248. The molecular formula is C11H18ClNO3. The Labute approximate surface area is 101 Å². The van der Waals surface area contributed by atoms with E-state index in [1.807, 2.05) is 0 Å². The van der Waals surface area contributed by atoms with E-state index in [-0.39, 0.29) is 17.4 Å².